The zero-order valence-corrected chi connectivity index (χ0v) is 16.7. The standard InChI is InChI=1S/C23H30N2O2/c1-16(2)15-19-9-11-20(12-10-19)18(4)25-22(26)13-14-24-23(27)21-8-6-5-7-17(21)3/h5-12,16,18H,13-15H2,1-4H3,(H,24,27)(H,25,26)/t18-/m0/s1. The van der Waals surface area contributed by atoms with Crippen LogP contribution in [-0.2, 0) is 11.2 Å². The lowest BCUT2D eigenvalue weighted by atomic mass is 10.00. The molecule has 144 valence electrons. The van der Waals surface area contributed by atoms with Gasteiger partial charge in [-0.2, -0.15) is 0 Å². The molecule has 4 heteroatoms. The Morgan fingerprint density at radius 2 is 1.63 bits per heavy atom. The molecule has 0 saturated heterocycles. The Hall–Kier alpha value is -2.62. The Bertz CT molecular complexity index is 766. The first-order valence-corrected chi connectivity index (χ1v) is 9.59. The molecule has 2 amide bonds. The molecule has 1 atom stereocenters. The number of aryl methyl sites for hydroxylation is 1. The summed E-state index contributed by atoms with van der Waals surface area (Å²) in [5.41, 5.74) is 3.97. The molecule has 0 aliphatic carbocycles. The molecule has 0 aromatic heterocycles. The van der Waals surface area contributed by atoms with Gasteiger partial charge in [-0.05, 0) is 48.9 Å². The zero-order valence-electron chi connectivity index (χ0n) is 16.7. The molecule has 0 aliphatic rings. The highest BCUT2D eigenvalue weighted by Crippen LogP contribution is 2.15. The molecule has 0 heterocycles. The lowest BCUT2D eigenvalue weighted by Gasteiger charge is -2.15. The average Bonchev–Trinajstić information content (AvgIpc) is 2.62. The molecule has 2 rings (SSSR count). The first-order chi connectivity index (χ1) is 12.9. The minimum absolute atomic E-state index is 0.0577. The van der Waals surface area contributed by atoms with Crippen molar-refractivity contribution in [3.63, 3.8) is 0 Å². The van der Waals surface area contributed by atoms with E-state index < -0.39 is 0 Å². The minimum atomic E-state index is -0.144. The Kier molecular flexibility index (Phi) is 7.59. The van der Waals surface area contributed by atoms with E-state index in [1.54, 1.807) is 6.07 Å². The van der Waals surface area contributed by atoms with E-state index in [-0.39, 0.29) is 24.3 Å². The van der Waals surface area contributed by atoms with E-state index in [9.17, 15) is 9.59 Å². The summed E-state index contributed by atoms with van der Waals surface area (Å²) in [6.45, 7) is 8.60. The molecule has 0 unspecified atom stereocenters. The molecule has 2 N–H and O–H groups in total. The maximum atomic E-state index is 12.2. The highest BCUT2D eigenvalue weighted by Gasteiger charge is 2.11. The van der Waals surface area contributed by atoms with Crippen molar-refractivity contribution < 1.29 is 9.59 Å². The number of hydrogen-bond donors (Lipinski definition) is 2. The monoisotopic (exact) mass is 366 g/mol. The van der Waals surface area contributed by atoms with Crippen LogP contribution in [0.15, 0.2) is 48.5 Å². The normalized spacial score (nSPS) is 11.9. The number of nitrogens with one attached hydrogen (secondary N) is 2. The SMILES string of the molecule is Cc1ccccc1C(=O)NCCC(=O)N[C@@H](C)c1ccc(CC(C)C)cc1. The number of carbonyl (C=O) groups is 2. The maximum Gasteiger partial charge on any atom is 0.251 e. The van der Waals surface area contributed by atoms with Gasteiger partial charge < -0.3 is 10.6 Å². The van der Waals surface area contributed by atoms with E-state index >= 15 is 0 Å². The number of carbonyl (C=O) groups excluding carboxylic acids is 2. The second-order valence-electron chi connectivity index (χ2n) is 7.45. The van der Waals surface area contributed by atoms with E-state index in [1.807, 2.05) is 32.0 Å². The lowest BCUT2D eigenvalue weighted by molar-refractivity contribution is -0.121. The van der Waals surface area contributed by atoms with Crippen molar-refractivity contribution in [2.45, 2.75) is 46.6 Å². The van der Waals surface area contributed by atoms with Crippen molar-refractivity contribution in [2.75, 3.05) is 6.54 Å². The summed E-state index contributed by atoms with van der Waals surface area (Å²) < 4.78 is 0. The van der Waals surface area contributed by atoms with Gasteiger partial charge in [0.15, 0.2) is 0 Å². The number of hydrogen-bond acceptors (Lipinski definition) is 2. The Balaban J connectivity index is 1.78. The van der Waals surface area contributed by atoms with Gasteiger partial charge in [-0.3, -0.25) is 9.59 Å². The van der Waals surface area contributed by atoms with Crippen LogP contribution in [0.3, 0.4) is 0 Å². The van der Waals surface area contributed by atoms with Gasteiger partial charge in [0.05, 0.1) is 6.04 Å². The predicted octanol–water partition coefficient (Wildman–Crippen LogP) is 4.19. The van der Waals surface area contributed by atoms with Gasteiger partial charge in [0.2, 0.25) is 5.91 Å². The highest BCUT2D eigenvalue weighted by molar-refractivity contribution is 5.95. The number of amides is 2. The Labute approximate surface area is 162 Å². The molecule has 0 radical (unpaired) electrons. The van der Waals surface area contributed by atoms with Crippen LogP contribution in [-0.4, -0.2) is 18.4 Å². The van der Waals surface area contributed by atoms with Crippen LogP contribution < -0.4 is 10.6 Å². The summed E-state index contributed by atoms with van der Waals surface area (Å²) in [6, 6.07) is 15.8. The summed E-state index contributed by atoms with van der Waals surface area (Å²) in [6.07, 6.45) is 1.31. The third-order valence-corrected chi connectivity index (χ3v) is 4.53. The quantitative estimate of drug-likeness (QED) is 0.736. The summed E-state index contributed by atoms with van der Waals surface area (Å²) in [5, 5.41) is 5.80. The number of rotatable bonds is 8. The summed E-state index contributed by atoms with van der Waals surface area (Å²) in [5.74, 6) is 0.413. The van der Waals surface area contributed by atoms with E-state index in [1.165, 1.54) is 5.56 Å². The topological polar surface area (TPSA) is 58.2 Å². The van der Waals surface area contributed by atoms with Gasteiger partial charge in [0, 0.05) is 18.5 Å². The molecular weight excluding hydrogens is 336 g/mol. The second kappa shape index (κ2) is 9.91. The molecule has 0 aliphatic heterocycles. The molecule has 2 aromatic carbocycles. The average molecular weight is 367 g/mol. The van der Waals surface area contributed by atoms with Gasteiger partial charge in [-0.15, -0.1) is 0 Å². The molecule has 0 saturated carbocycles. The van der Waals surface area contributed by atoms with Crippen LogP contribution in [0.5, 0.6) is 0 Å². The third kappa shape index (κ3) is 6.55. The van der Waals surface area contributed by atoms with Crippen LogP contribution in [0.4, 0.5) is 0 Å². The van der Waals surface area contributed by atoms with E-state index in [0.717, 1.165) is 17.5 Å². The first kappa shape index (κ1) is 20.7. The van der Waals surface area contributed by atoms with Crippen LogP contribution in [0.1, 0.15) is 60.3 Å². The molecule has 2 aromatic rings. The molecule has 0 fully saturated rings. The molecule has 0 bridgehead atoms. The minimum Gasteiger partial charge on any atom is -0.352 e. The van der Waals surface area contributed by atoms with Crippen LogP contribution >= 0.6 is 0 Å². The lowest BCUT2D eigenvalue weighted by Crippen LogP contribution is -2.32. The van der Waals surface area contributed by atoms with Crippen molar-refractivity contribution in [1.29, 1.82) is 0 Å². The summed E-state index contributed by atoms with van der Waals surface area (Å²) >= 11 is 0. The Morgan fingerprint density at radius 1 is 0.963 bits per heavy atom. The van der Waals surface area contributed by atoms with Gasteiger partial charge in [0.25, 0.3) is 5.91 Å². The van der Waals surface area contributed by atoms with Crippen LogP contribution in [0, 0.1) is 12.8 Å². The van der Waals surface area contributed by atoms with Crippen molar-refractivity contribution >= 4 is 11.8 Å². The van der Waals surface area contributed by atoms with Gasteiger partial charge in [-0.1, -0.05) is 56.3 Å². The zero-order chi connectivity index (χ0) is 19.8. The van der Waals surface area contributed by atoms with Crippen molar-refractivity contribution in [3.05, 3.63) is 70.8 Å². The molecule has 4 nitrogen and oxygen atoms in total. The molecular formula is C23H30N2O2. The summed E-state index contributed by atoms with van der Waals surface area (Å²) in [4.78, 5) is 24.3. The van der Waals surface area contributed by atoms with E-state index in [0.29, 0.717) is 18.0 Å². The fraction of sp³-hybridized carbons (Fsp3) is 0.391. The third-order valence-electron chi connectivity index (χ3n) is 4.53. The molecule has 0 spiro atoms. The van der Waals surface area contributed by atoms with Crippen molar-refractivity contribution in [1.82, 2.24) is 10.6 Å². The Morgan fingerprint density at radius 3 is 2.26 bits per heavy atom. The second-order valence-corrected chi connectivity index (χ2v) is 7.45. The first-order valence-electron chi connectivity index (χ1n) is 9.59. The van der Waals surface area contributed by atoms with Crippen molar-refractivity contribution in [2.24, 2.45) is 5.92 Å². The largest absolute Gasteiger partial charge is 0.352 e. The summed E-state index contributed by atoms with van der Waals surface area (Å²) in [7, 11) is 0. The van der Waals surface area contributed by atoms with Crippen LogP contribution in [0.2, 0.25) is 0 Å². The fourth-order valence-electron chi connectivity index (χ4n) is 3.02. The van der Waals surface area contributed by atoms with Gasteiger partial charge >= 0.3 is 0 Å². The van der Waals surface area contributed by atoms with Crippen molar-refractivity contribution in [3.8, 4) is 0 Å². The molecule has 27 heavy (non-hydrogen) atoms. The van der Waals surface area contributed by atoms with Crippen LogP contribution in [0.25, 0.3) is 0 Å². The fourth-order valence-corrected chi connectivity index (χ4v) is 3.02. The predicted molar refractivity (Wildman–Crippen MR) is 110 cm³/mol. The van der Waals surface area contributed by atoms with E-state index in [4.69, 9.17) is 0 Å². The number of benzene rings is 2. The smallest absolute Gasteiger partial charge is 0.251 e. The maximum absolute atomic E-state index is 12.2. The van der Waals surface area contributed by atoms with E-state index in [2.05, 4.69) is 48.7 Å². The van der Waals surface area contributed by atoms with Gasteiger partial charge in [0.1, 0.15) is 0 Å². The highest BCUT2D eigenvalue weighted by atomic mass is 16.2. The van der Waals surface area contributed by atoms with Gasteiger partial charge in [-0.25, -0.2) is 0 Å².